The first-order chi connectivity index (χ1) is 7.81. The summed E-state index contributed by atoms with van der Waals surface area (Å²) in [5.41, 5.74) is 7.55. The van der Waals surface area contributed by atoms with Gasteiger partial charge < -0.3 is 10.5 Å². The molecule has 0 amide bonds. The molecule has 1 aromatic rings. The van der Waals surface area contributed by atoms with Crippen LogP contribution in [-0.2, 0) is 4.74 Å². The maximum Gasteiger partial charge on any atom is 0.0469 e. The Balaban J connectivity index is 2.04. The quantitative estimate of drug-likeness (QED) is 0.821. The highest BCUT2D eigenvalue weighted by atomic mass is 32.2. The molecule has 0 aliphatic carbocycles. The van der Waals surface area contributed by atoms with Crippen molar-refractivity contribution in [2.24, 2.45) is 11.7 Å². The number of ether oxygens (including phenoxy) is 1. The van der Waals surface area contributed by atoms with E-state index in [-0.39, 0.29) is 6.04 Å². The zero-order valence-corrected chi connectivity index (χ0v) is 10.5. The van der Waals surface area contributed by atoms with Crippen molar-refractivity contribution in [1.29, 1.82) is 0 Å². The van der Waals surface area contributed by atoms with Crippen LogP contribution in [0.2, 0.25) is 0 Å². The van der Waals surface area contributed by atoms with Gasteiger partial charge in [-0.1, -0.05) is 12.1 Å². The number of thioether (sulfide) groups is 1. The monoisotopic (exact) mass is 237 g/mol. The third-order valence-electron chi connectivity index (χ3n) is 3.27. The van der Waals surface area contributed by atoms with Gasteiger partial charge in [-0.05, 0) is 42.7 Å². The van der Waals surface area contributed by atoms with Crippen LogP contribution in [0.4, 0.5) is 0 Å². The largest absolute Gasteiger partial charge is 0.381 e. The van der Waals surface area contributed by atoms with Crippen molar-refractivity contribution in [3.63, 3.8) is 0 Å². The van der Waals surface area contributed by atoms with E-state index < -0.39 is 0 Å². The van der Waals surface area contributed by atoms with Crippen molar-refractivity contribution >= 4 is 11.8 Å². The first-order valence-electron chi connectivity index (χ1n) is 5.78. The van der Waals surface area contributed by atoms with E-state index in [1.165, 1.54) is 10.5 Å². The Morgan fingerprint density at radius 3 is 2.44 bits per heavy atom. The molecule has 2 nitrogen and oxygen atoms in total. The molecule has 1 aliphatic rings. The topological polar surface area (TPSA) is 35.2 Å². The maximum atomic E-state index is 6.30. The molecule has 0 aromatic heterocycles. The van der Waals surface area contributed by atoms with E-state index in [1.54, 1.807) is 11.8 Å². The fraction of sp³-hybridized carbons (Fsp3) is 0.538. The summed E-state index contributed by atoms with van der Waals surface area (Å²) in [6, 6.07) is 8.79. The molecule has 1 atom stereocenters. The molecule has 16 heavy (non-hydrogen) atoms. The van der Waals surface area contributed by atoms with E-state index in [0.717, 1.165) is 26.1 Å². The van der Waals surface area contributed by atoms with Gasteiger partial charge in [-0.15, -0.1) is 11.8 Å². The van der Waals surface area contributed by atoms with Crippen LogP contribution in [0.3, 0.4) is 0 Å². The number of nitrogens with two attached hydrogens (primary N) is 1. The van der Waals surface area contributed by atoms with E-state index in [9.17, 15) is 0 Å². The molecule has 0 radical (unpaired) electrons. The molecule has 0 saturated carbocycles. The molecule has 0 unspecified atom stereocenters. The first kappa shape index (κ1) is 12.0. The molecule has 0 bridgehead atoms. The van der Waals surface area contributed by atoms with Crippen LogP contribution in [0.15, 0.2) is 29.2 Å². The zero-order chi connectivity index (χ0) is 11.4. The molecule has 1 aliphatic heterocycles. The lowest BCUT2D eigenvalue weighted by Crippen LogP contribution is -2.27. The normalized spacial score (nSPS) is 19.6. The third kappa shape index (κ3) is 2.78. The van der Waals surface area contributed by atoms with Gasteiger partial charge in [0.1, 0.15) is 0 Å². The highest BCUT2D eigenvalue weighted by Gasteiger charge is 2.21. The maximum absolute atomic E-state index is 6.30. The van der Waals surface area contributed by atoms with Gasteiger partial charge in [-0.3, -0.25) is 0 Å². The molecular weight excluding hydrogens is 218 g/mol. The van der Waals surface area contributed by atoms with Crippen LogP contribution in [0.1, 0.15) is 24.4 Å². The summed E-state index contributed by atoms with van der Waals surface area (Å²) in [6.07, 6.45) is 4.27. The Bertz CT molecular complexity index is 319. The molecule has 88 valence electrons. The van der Waals surface area contributed by atoms with Gasteiger partial charge in [0.2, 0.25) is 0 Å². The summed E-state index contributed by atoms with van der Waals surface area (Å²) in [4.78, 5) is 1.29. The molecule has 1 saturated heterocycles. The fourth-order valence-corrected chi connectivity index (χ4v) is 2.58. The van der Waals surface area contributed by atoms with Crippen LogP contribution in [0, 0.1) is 5.92 Å². The molecule has 1 aromatic carbocycles. The van der Waals surface area contributed by atoms with E-state index in [0.29, 0.717) is 5.92 Å². The van der Waals surface area contributed by atoms with Crippen molar-refractivity contribution < 1.29 is 4.74 Å². The van der Waals surface area contributed by atoms with Crippen molar-refractivity contribution in [1.82, 2.24) is 0 Å². The average Bonchev–Trinajstić information content (AvgIpc) is 2.39. The summed E-state index contributed by atoms with van der Waals surface area (Å²) in [5.74, 6) is 0.578. The van der Waals surface area contributed by atoms with Crippen LogP contribution in [-0.4, -0.2) is 19.5 Å². The Hall–Kier alpha value is -0.510. The Kier molecular flexibility index (Phi) is 4.27. The molecule has 1 fully saturated rings. The lowest BCUT2D eigenvalue weighted by molar-refractivity contribution is 0.0584. The van der Waals surface area contributed by atoms with E-state index in [4.69, 9.17) is 10.5 Å². The van der Waals surface area contributed by atoms with Crippen LogP contribution >= 0.6 is 11.8 Å². The van der Waals surface area contributed by atoms with Gasteiger partial charge >= 0.3 is 0 Å². The van der Waals surface area contributed by atoms with Gasteiger partial charge in [0, 0.05) is 24.2 Å². The SMILES string of the molecule is CSc1ccc([C@@H](N)C2CCOCC2)cc1. The average molecular weight is 237 g/mol. The number of hydrogen-bond donors (Lipinski definition) is 1. The second-order valence-corrected chi connectivity index (χ2v) is 5.13. The summed E-state index contributed by atoms with van der Waals surface area (Å²) < 4.78 is 5.36. The van der Waals surface area contributed by atoms with Crippen molar-refractivity contribution in [3.8, 4) is 0 Å². The number of rotatable bonds is 3. The van der Waals surface area contributed by atoms with E-state index in [1.807, 2.05) is 0 Å². The molecular formula is C13H19NOS. The summed E-state index contributed by atoms with van der Waals surface area (Å²) in [6.45, 7) is 1.72. The van der Waals surface area contributed by atoms with Crippen LogP contribution in [0.5, 0.6) is 0 Å². The number of hydrogen-bond acceptors (Lipinski definition) is 3. The second-order valence-electron chi connectivity index (χ2n) is 4.25. The molecule has 0 spiro atoms. The van der Waals surface area contributed by atoms with Gasteiger partial charge in [-0.25, -0.2) is 0 Å². The summed E-state index contributed by atoms with van der Waals surface area (Å²) in [5, 5.41) is 0. The minimum absolute atomic E-state index is 0.166. The Morgan fingerprint density at radius 2 is 1.88 bits per heavy atom. The summed E-state index contributed by atoms with van der Waals surface area (Å²) >= 11 is 1.76. The molecule has 2 rings (SSSR count). The van der Waals surface area contributed by atoms with Gasteiger partial charge in [0.25, 0.3) is 0 Å². The van der Waals surface area contributed by atoms with E-state index in [2.05, 4.69) is 30.5 Å². The minimum atomic E-state index is 0.166. The Labute approximate surface area is 102 Å². The lowest BCUT2D eigenvalue weighted by atomic mass is 9.88. The highest BCUT2D eigenvalue weighted by molar-refractivity contribution is 7.98. The lowest BCUT2D eigenvalue weighted by Gasteiger charge is -2.27. The smallest absolute Gasteiger partial charge is 0.0469 e. The fourth-order valence-electron chi connectivity index (χ4n) is 2.17. The standard InChI is InChI=1S/C13H19NOS/c1-16-12-4-2-10(3-5-12)13(14)11-6-8-15-9-7-11/h2-5,11,13H,6-9,14H2,1H3/t13-/m1/s1. The van der Waals surface area contributed by atoms with Crippen molar-refractivity contribution in [2.45, 2.75) is 23.8 Å². The Morgan fingerprint density at radius 1 is 1.25 bits per heavy atom. The predicted molar refractivity (Wildman–Crippen MR) is 68.7 cm³/mol. The van der Waals surface area contributed by atoms with Crippen LogP contribution in [0.25, 0.3) is 0 Å². The van der Waals surface area contributed by atoms with E-state index >= 15 is 0 Å². The van der Waals surface area contributed by atoms with Gasteiger partial charge in [0.15, 0.2) is 0 Å². The molecule has 3 heteroatoms. The third-order valence-corrected chi connectivity index (χ3v) is 4.02. The zero-order valence-electron chi connectivity index (χ0n) is 9.69. The minimum Gasteiger partial charge on any atom is -0.381 e. The van der Waals surface area contributed by atoms with Crippen molar-refractivity contribution in [2.75, 3.05) is 19.5 Å². The second kappa shape index (κ2) is 5.71. The van der Waals surface area contributed by atoms with Gasteiger partial charge in [0.05, 0.1) is 0 Å². The first-order valence-corrected chi connectivity index (χ1v) is 7.01. The highest BCUT2D eigenvalue weighted by Crippen LogP contribution is 2.28. The number of benzene rings is 1. The molecule has 1 heterocycles. The van der Waals surface area contributed by atoms with Crippen LogP contribution < -0.4 is 5.73 Å². The van der Waals surface area contributed by atoms with Crippen molar-refractivity contribution in [3.05, 3.63) is 29.8 Å². The molecule has 2 N–H and O–H groups in total. The summed E-state index contributed by atoms with van der Waals surface area (Å²) in [7, 11) is 0. The predicted octanol–water partition coefficient (Wildman–Crippen LogP) is 2.83. The van der Waals surface area contributed by atoms with Gasteiger partial charge in [-0.2, -0.15) is 0 Å².